The Hall–Kier alpha value is -6.91. The van der Waals surface area contributed by atoms with Gasteiger partial charge in [0.1, 0.15) is 0 Å². The Morgan fingerprint density at radius 1 is 0.483 bits per heavy atom. The number of imidazole rings is 2. The molecule has 0 saturated heterocycles. The predicted molar refractivity (Wildman–Crippen MR) is 241 cm³/mol. The molecule has 12 rings (SSSR count). The zero-order valence-corrected chi connectivity index (χ0v) is 34.8. The zero-order valence-electron chi connectivity index (χ0n) is 33.2. The van der Waals surface area contributed by atoms with Gasteiger partial charge in [-0.2, -0.15) is 0 Å². The fourth-order valence-corrected chi connectivity index (χ4v) is 9.60. The first-order valence-electron chi connectivity index (χ1n) is 19.9. The number of fused-ring (bicyclic) bond motifs is 16. The van der Waals surface area contributed by atoms with Crippen molar-refractivity contribution >= 4 is 76.7 Å². The molecule has 0 atom stereocenters. The second kappa shape index (κ2) is 13.6. The molecule has 0 fully saturated rings. The normalized spacial score (nSPS) is 11.9. The van der Waals surface area contributed by atoms with E-state index in [0.717, 1.165) is 76.7 Å². The Balaban J connectivity index is 0.00000408. The minimum absolute atomic E-state index is 0. The molecule has 0 unspecified atom stereocenters. The smallest absolute Gasteiger partial charge is 0.497 e. The van der Waals surface area contributed by atoms with E-state index in [-0.39, 0.29) is 20.4 Å². The molecule has 0 amide bonds. The van der Waals surface area contributed by atoms with Crippen molar-refractivity contribution in [2.24, 2.45) is 0 Å². The Labute approximate surface area is 359 Å². The van der Waals surface area contributed by atoms with Crippen LogP contribution in [0.5, 0.6) is 11.5 Å². The van der Waals surface area contributed by atoms with E-state index >= 15 is 0 Å². The molecule has 0 aliphatic heterocycles. The van der Waals surface area contributed by atoms with Crippen molar-refractivity contribution in [3.63, 3.8) is 0 Å². The van der Waals surface area contributed by atoms with Crippen molar-refractivity contribution in [2.45, 2.75) is 27.7 Å². The molecule has 0 saturated carbocycles. The van der Waals surface area contributed by atoms with Crippen LogP contribution in [0.25, 0.3) is 99.0 Å². The fourth-order valence-electron chi connectivity index (χ4n) is 9.60. The molecule has 7 heteroatoms. The van der Waals surface area contributed by atoms with Crippen LogP contribution in [0.2, 0.25) is 0 Å². The van der Waals surface area contributed by atoms with E-state index < -0.39 is 0 Å². The van der Waals surface area contributed by atoms with Gasteiger partial charge in [-0.15, -0.1) is 12.1 Å². The van der Waals surface area contributed by atoms with E-state index in [9.17, 15) is 0 Å². The molecule has 0 radical (unpaired) electrons. The van der Waals surface area contributed by atoms with E-state index in [1.807, 2.05) is 48.8 Å². The summed E-state index contributed by atoms with van der Waals surface area (Å²) >= 11 is 0. The Kier molecular flexibility index (Phi) is 8.19. The second-order valence-corrected chi connectivity index (χ2v) is 15.7. The number of benzene rings is 7. The van der Waals surface area contributed by atoms with Gasteiger partial charge in [-0.1, -0.05) is 119 Å². The topological polar surface area (TPSA) is 56.7 Å². The number of hydrogen-bond donors (Lipinski definition) is 0. The van der Waals surface area contributed by atoms with E-state index in [4.69, 9.17) is 14.7 Å². The third-order valence-corrected chi connectivity index (χ3v) is 12.1. The van der Waals surface area contributed by atoms with Crippen molar-refractivity contribution in [3.8, 4) is 33.8 Å². The van der Waals surface area contributed by atoms with Gasteiger partial charge in [0.15, 0.2) is 0 Å². The first-order chi connectivity index (χ1) is 28.9. The van der Waals surface area contributed by atoms with Crippen molar-refractivity contribution < 1.29 is 25.2 Å². The summed E-state index contributed by atoms with van der Waals surface area (Å²) in [6.07, 6.45) is 3.75. The largest absolute Gasteiger partial charge is 2.00 e. The molecule has 12 aromatic rings. The maximum Gasteiger partial charge on any atom is 2.00 e. The quantitative estimate of drug-likeness (QED) is 0.100. The fraction of sp³-hybridized carbons (Fsp3) is 0.0755. The maximum absolute atomic E-state index is 6.74. The molecule has 0 aliphatic rings. The molecule has 0 aliphatic carbocycles. The summed E-state index contributed by atoms with van der Waals surface area (Å²) in [6, 6.07) is 52.1. The van der Waals surface area contributed by atoms with E-state index in [1.54, 1.807) is 0 Å². The molecule has 0 N–H and O–H groups in total. The van der Waals surface area contributed by atoms with Gasteiger partial charge in [0.25, 0.3) is 0 Å². The third kappa shape index (κ3) is 5.20. The summed E-state index contributed by atoms with van der Waals surface area (Å²) in [5.41, 5.74) is 17.5. The van der Waals surface area contributed by atoms with Gasteiger partial charge in [0.05, 0.1) is 33.4 Å². The minimum atomic E-state index is 0. The molecule has 7 aromatic carbocycles. The van der Waals surface area contributed by atoms with Gasteiger partial charge in [0.2, 0.25) is 0 Å². The van der Waals surface area contributed by atoms with Crippen LogP contribution in [0.3, 0.4) is 0 Å². The van der Waals surface area contributed by atoms with Crippen LogP contribution >= 0.6 is 0 Å². The average Bonchev–Trinajstić information content (AvgIpc) is 3.84. The van der Waals surface area contributed by atoms with Gasteiger partial charge >= 0.3 is 20.4 Å². The zero-order chi connectivity index (χ0) is 39.5. The number of aromatic nitrogens is 5. The molecule has 0 bridgehead atoms. The maximum atomic E-state index is 6.74. The van der Waals surface area contributed by atoms with E-state index in [2.05, 4.69) is 145 Å². The molecular weight excluding hydrogens is 829 g/mol. The molecule has 5 aromatic heterocycles. The molecule has 5 heterocycles. The van der Waals surface area contributed by atoms with Crippen LogP contribution in [0.15, 0.2) is 140 Å². The number of pyridine rings is 3. The van der Waals surface area contributed by atoms with Crippen LogP contribution in [0.1, 0.15) is 22.3 Å². The van der Waals surface area contributed by atoms with Gasteiger partial charge in [-0.25, -0.2) is 0 Å². The molecular formula is C53H35N5OPd. The number of rotatable bonds is 4. The van der Waals surface area contributed by atoms with Crippen LogP contribution in [0.4, 0.5) is 0 Å². The first-order valence-corrected chi connectivity index (χ1v) is 19.9. The van der Waals surface area contributed by atoms with Crippen molar-refractivity contribution in [1.82, 2.24) is 23.8 Å². The van der Waals surface area contributed by atoms with Crippen LogP contribution in [-0.4, -0.2) is 23.8 Å². The SMILES string of the molecule is Cc1cccc(C)c1-c1ccc(-c2c(C)cccc2C)c2c1c1ccc(Oc3[c-]c4c(cc3)c3cnccc3n3c5ccccc5nc43)[c-]c1c1nc3ccccc3n12.[Pd+2]. The molecule has 60 heavy (non-hydrogen) atoms. The van der Waals surface area contributed by atoms with Gasteiger partial charge in [-0.3, -0.25) is 15.0 Å². The summed E-state index contributed by atoms with van der Waals surface area (Å²) < 4.78 is 11.3. The summed E-state index contributed by atoms with van der Waals surface area (Å²) in [5, 5.41) is 6.01. The summed E-state index contributed by atoms with van der Waals surface area (Å²) in [4.78, 5) is 14.9. The standard InChI is InChI=1S/C53H35N5O.Pd/c1-30-11-9-12-31(2)48(30)38-23-24-39(49-32(3)13-10-14-33(49)4)51-50(38)37-22-20-35(28-41(37)53-56-44-16-6-8-18-47(44)58(51)53)59-34-19-21-36-40(27-34)52-55-43-15-5-7-17-46(43)57(52)45-25-26-54-29-42(36)45;/h5-26,29H,1-4H3;/q-2;+2. The van der Waals surface area contributed by atoms with Crippen molar-refractivity contribution in [3.05, 3.63) is 174 Å². The van der Waals surface area contributed by atoms with Crippen LogP contribution in [0, 0.1) is 39.8 Å². The summed E-state index contributed by atoms with van der Waals surface area (Å²) in [6.45, 7) is 8.83. The number of para-hydroxylation sites is 4. The Morgan fingerprint density at radius 2 is 1.02 bits per heavy atom. The summed E-state index contributed by atoms with van der Waals surface area (Å²) in [7, 11) is 0. The number of ether oxygens (including phenoxy) is 1. The average molecular weight is 864 g/mol. The van der Waals surface area contributed by atoms with Crippen molar-refractivity contribution in [1.29, 1.82) is 0 Å². The third-order valence-electron chi connectivity index (χ3n) is 12.1. The van der Waals surface area contributed by atoms with Gasteiger partial charge < -0.3 is 13.5 Å². The van der Waals surface area contributed by atoms with Crippen LogP contribution < -0.4 is 4.74 Å². The van der Waals surface area contributed by atoms with E-state index in [0.29, 0.717) is 11.5 Å². The number of nitrogens with zero attached hydrogens (tertiary/aromatic N) is 5. The monoisotopic (exact) mass is 863 g/mol. The molecule has 0 spiro atoms. The predicted octanol–water partition coefficient (Wildman–Crippen LogP) is 13.3. The Bertz CT molecular complexity index is 3730. The minimum Gasteiger partial charge on any atom is -0.497 e. The van der Waals surface area contributed by atoms with Crippen molar-refractivity contribution in [2.75, 3.05) is 0 Å². The first kappa shape index (κ1) is 36.2. The Morgan fingerprint density at radius 3 is 1.67 bits per heavy atom. The van der Waals surface area contributed by atoms with Gasteiger partial charge in [0, 0.05) is 40.5 Å². The van der Waals surface area contributed by atoms with E-state index in [1.165, 1.54) is 44.5 Å². The second-order valence-electron chi connectivity index (χ2n) is 15.7. The molecule has 288 valence electrons. The number of hydrogen-bond acceptors (Lipinski definition) is 4. The molecule has 6 nitrogen and oxygen atoms in total. The summed E-state index contributed by atoms with van der Waals surface area (Å²) in [5.74, 6) is 1.15. The van der Waals surface area contributed by atoms with Crippen LogP contribution in [-0.2, 0) is 20.4 Å². The number of aryl methyl sites for hydroxylation is 4. The van der Waals surface area contributed by atoms with Gasteiger partial charge in [-0.05, 0) is 108 Å².